The first-order valence-corrected chi connectivity index (χ1v) is 10.0. The fourth-order valence-corrected chi connectivity index (χ4v) is 5.00. The van der Waals surface area contributed by atoms with Crippen molar-refractivity contribution in [3.63, 3.8) is 0 Å². The summed E-state index contributed by atoms with van der Waals surface area (Å²) < 4.78 is 29.1. The quantitative estimate of drug-likeness (QED) is 0.408. The Labute approximate surface area is 154 Å². The average molecular weight is 447 g/mol. The van der Waals surface area contributed by atoms with Gasteiger partial charge in [-0.3, -0.25) is 0 Å². The van der Waals surface area contributed by atoms with Crippen molar-refractivity contribution in [2.45, 2.75) is 11.8 Å². The monoisotopic (exact) mass is 447 g/mol. The second kappa shape index (κ2) is 5.60. The molecule has 0 saturated heterocycles. The molecule has 120 valence electrons. The number of aromatic nitrogens is 1. The fourth-order valence-electron chi connectivity index (χ4n) is 2.98. The van der Waals surface area contributed by atoms with E-state index in [0.29, 0.717) is 15.9 Å². The summed E-state index contributed by atoms with van der Waals surface area (Å²) in [4.78, 5) is 0.300. The van der Waals surface area contributed by atoms with E-state index < -0.39 is 10.0 Å². The highest BCUT2D eigenvalue weighted by atomic mass is 127. The lowest BCUT2D eigenvalue weighted by Crippen LogP contribution is -2.12. The summed E-state index contributed by atoms with van der Waals surface area (Å²) in [5.74, 6) is 0. The maximum Gasteiger partial charge on any atom is 0.268 e. The maximum atomic E-state index is 13.3. The Bertz CT molecular complexity index is 1180. The second-order valence-electron chi connectivity index (χ2n) is 5.76. The lowest BCUT2D eigenvalue weighted by atomic mass is 10.2. The molecule has 0 fully saturated rings. The van der Waals surface area contributed by atoms with Crippen LogP contribution in [-0.2, 0) is 10.0 Å². The van der Waals surface area contributed by atoms with E-state index in [2.05, 4.69) is 22.6 Å². The summed E-state index contributed by atoms with van der Waals surface area (Å²) in [6, 6.07) is 20.4. The van der Waals surface area contributed by atoms with E-state index in [1.54, 1.807) is 12.1 Å². The van der Waals surface area contributed by atoms with E-state index in [4.69, 9.17) is 0 Å². The van der Waals surface area contributed by atoms with E-state index >= 15 is 0 Å². The third-order valence-electron chi connectivity index (χ3n) is 4.15. The van der Waals surface area contributed by atoms with Crippen molar-refractivity contribution in [1.82, 2.24) is 3.97 Å². The van der Waals surface area contributed by atoms with Gasteiger partial charge in [0, 0.05) is 14.3 Å². The molecule has 0 atom stereocenters. The van der Waals surface area contributed by atoms with Crippen LogP contribution in [-0.4, -0.2) is 12.4 Å². The molecule has 0 aliphatic rings. The zero-order valence-electron chi connectivity index (χ0n) is 12.9. The Morgan fingerprint density at radius 2 is 1.50 bits per heavy atom. The van der Waals surface area contributed by atoms with Gasteiger partial charge in [-0.05, 0) is 65.9 Å². The molecule has 0 saturated carbocycles. The second-order valence-corrected chi connectivity index (χ2v) is 8.79. The van der Waals surface area contributed by atoms with Crippen molar-refractivity contribution in [2.75, 3.05) is 0 Å². The number of fused-ring (bicyclic) bond motifs is 3. The van der Waals surface area contributed by atoms with Crippen LogP contribution >= 0.6 is 22.6 Å². The summed E-state index contributed by atoms with van der Waals surface area (Å²) >= 11 is 2.25. The van der Waals surface area contributed by atoms with E-state index in [-0.39, 0.29) is 0 Å². The molecule has 0 N–H and O–H groups in total. The predicted octanol–water partition coefficient (Wildman–Crippen LogP) is 4.94. The first-order valence-electron chi connectivity index (χ1n) is 7.49. The lowest BCUT2D eigenvalue weighted by molar-refractivity contribution is 0.590. The van der Waals surface area contributed by atoms with Gasteiger partial charge in [-0.25, -0.2) is 12.4 Å². The molecule has 0 aliphatic carbocycles. The third-order valence-corrected chi connectivity index (χ3v) is 6.56. The highest BCUT2D eigenvalue weighted by Gasteiger charge is 2.23. The van der Waals surface area contributed by atoms with Crippen molar-refractivity contribution in [3.8, 4) is 0 Å². The average Bonchev–Trinajstić information content (AvgIpc) is 2.90. The molecule has 5 heteroatoms. The Morgan fingerprint density at radius 1 is 0.833 bits per heavy atom. The molecule has 3 nitrogen and oxygen atoms in total. The van der Waals surface area contributed by atoms with Gasteiger partial charge in [0.15, 0.2) is 0 Å². The van der Waals surface area contributed by atoms with Gasteiger partial charge >= 0.3 is 0 Å². The largest absolute Gasteiger partial charge is 0.268 e. The van der Waals surface area contributed by atoms with E-state index in [9.17, 15) is 8.42 Å². The summed E-state index contributed by atoms with van der Waals surface area (Å²) in [6.07, 6.45) is 0. The SMILES string of the molecule is Cc1ccc(S(=O)(=O)n2c3ccccc3c3cc(I)ccc32)cc1. The Hall–Kier alpha value is -1.86. The van der Waals surface area contributed by atoms with E-state index in [0.717, 1.165) is 19.9 Å². The maximum absolute atomic E-state index is 13.3. The van der Waals surface area contributed by atoms with Gasteiger partial charge < -0.3 is 0 Å². The van der Waals surface area contributed by atoms with Crippen molar-refractivity contribution >= 4 is 54.4 Å². The van der Waals surface area contributed by atoms with Gasteiger partial charge in [0.1, 0.15) is 0 Å². The first kappa shape index (κ1) is 15.7. The molecule has 0 radical (unpaired) electrons. The Morgan fingerprint density at radius 3 is 2.25 bits per heavy atom. The molecule has 4 aromatic rings. The number of hydrogen-bond donors (Lipinski definition) is 0. The minimum Gasteiger partial charge on any atom is -0.233 e. The summed E-state index contributed by atoms with van der Waals surface area (Å²) in [5.41, 5.74) is 2.44. The van der Waals surface area contributed by atoms with Gasteiger partial charge in [0.25, 0.3) is 10.0 Å². The molecule has 3 aromatic carbocycles. The minimum absolute atomic E-state index is 0.300. The first-order chi connectivity index (χ1) is 11.5. The van der Waals surface area contributed by atoms with Crippen molar-refractivity contribution in [2.24, 2.45) is 0 Å². The van der Waals surface area contributed by atoms with Crippen molar-refractivity contribution < 1.29 is 8.42 Å². The molecular weight excluding hydrogens is 433 g/mol. The van der Waals surface area contributed by atoms with Crippen LogP contribution in [0.5, 0.6) is 0 Å². The highest BCUT2D eigenvalue weighted by molar-refractivity contribution is 14.1. The van der Waals surface area contributed by atoms with Gasteiger partial charge in [-0.2, -0.15) is 0 Å². The number of benzene rings is 3. The Kier molecular flexibility index (Phi) is 3.65. The van der Waals surface area contributed by atoms with E-state index in [1.165, 1.54) is 3.97 Å². The molecular formula is C19H14INO2S. The molecule has 0 unspecified atom stereocenters. The van der Waals surface area contributed by atoms with Gasteiger partial charge in [-0.1, -0.05) is 35.9 Å². The molecule has 0 amide bonds. The molecule has 4 rings (SSSR count). The highest BCUT2D eigenvalue weighted by Crippen LogP contribution is 2.33. The zero-order chi connectivity index (χ0) is 16.9. The number of hydrogen-bond acceptors (Lipinski definition) is 2. The summed E-state index contributed by atoms with van der Waals surface area (Å²) in [5, 5.41) is 1.90. The van der Waals surface area contributed by atoms with Crippen LogP contribution in [0.2, 0.25) is 0 Å². The molecule has 24 heavy (non-hydrogen) atoms. The number of rotatable bonds is 2. The lowest BCUT2D eigenvalue weighted by Gasteiger charge is -2.09. The van der Waals surface area contributed by atoms with Crippen LogP contribution in [0.4, 0.5) is 0 Å². The van der Waals surface area contributed by atoms with Crippen molar-refractivity contribution in [3.05, 3.63) is 75.9 Å². The van der Waals surface area contributed by atoms with Crippen LogP contribution in [0, 0.1) is 10.5 Å². The summed E-state index contributed by atoms with van der Waals surface area (Å²) in [7, 11) is -3.66. The standard InChI is InChI=1S/C19H14INO2S/c1-13-6-9-15(10-7-13)24(22,23)21-18-5-3-2-4-16(18)17-12-14(20)8-11-19(17)21/h2-12H,1H3. The van der Waals surface area contributed by atoms with E-state index in [1.807, 2.05) is 61.5 Å². The molecule has 0 aliphatic heterocycles. The van der Waals surface area contributed by atoms with Crippen LogP contribution < -0.4 is 0 Å². The van der Waals surface area contributed by atoms with Gasteiger partial charge in [0.05, 0.1) is 15.9 Å². The van der Waals surface area contributed by atoms with Crippen LogP contribution in [0.15, 0.2) is 71.6 Å². The molecule has 1 heterocycles. The van der Waals surface area contributed by atoms with Gasteiger partial charge in [0.2, 0.25) is 0 Å². The van der Waals surface area contributed by atoms with Crippen LogP contribution in [0.1, 0.15) is 5.56 Å². The topological polar surface area (TPSA) is 39.1 Å². The van der Waals surface area contributed by atoms with Crippen molar-refractivity contribution in [1.29, 1.82) is 0 Å². The molecule has 0 bridgehead atoms. The zero-order valence-corrected chi connectivity index (χ0v) is 15.9. The number of aryl methyl sites for hydroxylation is 1. The molecule has 0 spiro atoms. The minimum atomic E-state index is -3.66. The fraction of sp³-hybridized carbons (Fsp3) is 0.0526. The van der Waals surface area contributed by atoms with Gasteiger partial charge in [-0.15, -0.1) is 0 Å². The van der Waals surface area contributed by atoms with Crippen LogP contribution in [0.25, 0.3) is 21.8 Å². The number of para-hydroxylation sites is 1. The normalized spacial score (nSPS) is 12.1. The van der Waals surface area contributed by atoms with Crippen LogP contribution in [0.3, 0.4) is 0 Å². The Balaban J connectivity index is 2.13. The third kappa shape index (κ3) is 2.34. The molecule has 1 aromatic heterocycles. The number of nitrogens with zero attached hydrogens (tertiary/aromatic N) is 1. The smallest absolute Gasteiger partial charge is 0.233 e. The predicted molar refractivity (Wildman–Crippen MR) is 106 cm³/mol. The number of halogens is 1. The summed E-state index contributed by atoms with van der Waals surface area (Å²) in [6.45, 7) is 1.94.